The number of nitrogens with one attached hydrogen (secondary N) is 3. The molecule has 9 heteroatoms. The number of halogens is 2. The quantitative estimate of drug-likeness (QED) is 0.241. The minimum absolute atomic E-state index is 0.105. The zero-order valence-electron chi connectivity index (χ0n) is 23.6. The van der Waals surface area contributed by atoms with Crippen LogP contribution in [-0.2, 0) is 12.3 Å². The number of hydrogen-bond acceptors (Lipinski definition) is 5. The highest BCUT2D eigenvalue weighted by Crippen LogP contribution is 2.32. The van der Waals surface area contributed by atoms with E-state index in [0.717, 1.165) is 82.1 Å². The second kappa shape index (κ2) is 14.7. The molecule has 2 fully saturated rings. The van der Waals surface area contributed by atoms with Gasteiger partial charge in [0.05, 0.1) is 0 Å². The van der Waals surface area contributed by atoms with E-state index in [1.54, 1.807) is 13.1 Å². The molecule has 0 radical (unpaired) electrons. The fraction of sp³-hybridized carbons (Fsp3) is 0.406. The van der Waals surface area contributed by atoms with Gasteiger partial charge in [0.1, 0.15) is 0 Å². The molecule has 0 atom stereocenters. The van der Waals surface area contributed by atoms with Crippen LogP contribution >= 0.6 is 35.0 Å². The lowest BCUT2D eigenvalue weighted by atomic mass is 9.95. The maximum Gasteiger partial charge on any atom is 0.314 e. The first kappa shape index (κ1) is 30.1. The van der Waals surface area contributed by atoms with E-state index < -0.39 is 0 Å². The van der Waals surface area contributed by atoms with Gasteiger partial charge in [-0.2, -0.15) is 0 Å². The molecule has 2 aliphatic rings. The van der Waals surface area contributed by atoms with Crippen molar-refractivity contribution in [2.24, 2.45) is 5.92 Å². The van der Waals surface area contributed by atoms with Crippen LogP contribution in [0.25, 0.3) is 11.1 Å². The van der Waals surface area contributed by atoms with Crippen LogP contribution in [0, 0.1) is 5.92 Å². The number of likely N-dealkylation sites (tertiary alicyclic amines) is 1. The lowest BCUT2D eigenvalue weighted by molar-refractivity contribution is 0.175. The van der Waals surface area contributed by atoms with Crippen LogP contribution in [0.4, 0.5) is 10.5 Å². The van der Waals surface area contributed by atoms with Gasteiger partial charge in [-0.3, -0.25) is 4.90 Å². The summed E-state index contributed by atoms with van der Waals surface area (Å²) >= 11 is 14.6. The molecule has 41 heavy (non-hydrogen) atoms. The Labute approximate surface area is 258 Å². The fourth-order valence-corrected chi connectivity index (χ4v) is 6.95. The van der Waals surface area contributed by atoms with E-state index in [1.807, 2.05) is 23.9 Å². The minimum Gasteiger partial charge on any atom is -0.369 e. The topological polar surface area (TPSA) is 59.6 Å². The molecule has 0 bridgehead atoms. The van der Waals surface area contributed by atoms with Gasteiger partial charge in [0, 0.05) is 72.7 Å². The highest BCUT2D eigenvalue weighted by Gasteiger charge is 2.20. The Morgan fingerprint density at radius 1 is 0.902 bits per heavy atom. The van der Waals surface area contributed by atoms with Crippen molar-refractivity contribution in [3.8, 4) is 11.1 Å². The summed E-state index contributed by atoms with van der Waals surface area (Å²) in [5.74, 6) is 1.41. The molecule has 2 amide bonds. The average molecular weight is 613 g/mol. The first-order chi connectivity index (χ1) is 19.9. The summed E-state index contributed by atoms with van der Waals surface area (Å²) in [5, 5.41) is 10.3. The van der Waals surface area contributed by atoms with Gasteiger partial charge < -0.3 is 20.9 Å². The van der Waals surface area contributed by atoms with Crippen molar-refractivity contribution in [1.29, 1.82) is 0 Å². The Morgan fingerprint density at radius 3 is 2.24 bits per heavy atom. The lowest BCUT2D eigenvalue weighted by Crippen LogP contribution is -2.43. The Morgan fingerprint density at radius 2 is 1.56 bits per heavy atom. The number of benzene rings is 3. The van der Waals surface area contributed by atoms with Crippen LogP contribution < -0.4 is 20.9 Å². The molecule has 0 aliphatic carbocycles. The van der Waals surface area contributed by atoms with Gasteiger partial charge in [0.2, 0.25) is 0 Å². The molecule has 0 spiro atoms. The molecular formula is C32H39Cl2N5OS. The molecule has 3 N–H and O–H groups in total. The molecule has 2 heterocycles. The first-order valence-corrected chi connectivity index (χ1v) is 16.1. The van der Waals surface area contributed by atoms with Crippen molar-refractivity contribution < 1.29 is 4.79 Å². The number of piperidine rings is 1. The van der Waals surface area contributed by atoms with Crippen LogP contribution in [0.5, 0.6) is 0 Å². The molecule has 2 saturated heterocycles. The number of urea groups is 1. The van der Waals surface area contributed by atoms with E-state index >= 15 is 0 Å². The largest absolute Gasteiger partial charge is 0.369 e. The molecule has 0 unspecified atom stereocenters. The smallest absolute Gasteiger partial charge is 0.314 e. The zero-order valence-corrected chi connectivity index (χ0v) is 25.9. The molecule has 3 aromatic rings. The fourth-order valence-electron chi connectivity index (χ4n) is 5.60. The lowest BCUT2D eigenvalue weighted by Gasteiger charge is -2.32. The van der Waals surface area contributed by atoms with Crippen molar-refractivity contribution in [3.05, 3.63) is 81.8 Å². The van der Waals surface area contributed by atoms with Gasteiger partial charge in [0.25, 0.3) is 0 Å². The number of anilines is 1. The summed E-state index contributed by atoms with van der Waals surface area (Å²) in [5.41, 5.74) is 6.06. The third kappa shape index (κ3) is 8.79. The van der Waals surface area contributed by atoms with Crippen LogP contribution in [0.2, 0.25) is 10.0 Å². The SMILES string of the molecule is CNC(=O)NCC1CCN(Cc2cc(CSc3ccc(N4CCNCC4)cc3)cc(-c3cc(Cl)cc(Cl)c3)c2)CC1. The zero-order chi connectivity index (χ0) is 28.6. The van der Waals surface area contributed by atoms with Crippen molar-refractivity contribution in [1.82, 2.24) is 20.9 Å². The Bertz CT molecular complexity index is 1290. The number of hydrogen-bond donors (Lipinski definition) is 3. The minimum atomic E-state index is -0.105. The van der Waals surface area contributed by atoms with Crippen LogP contribution in [0.3, 0.4) is 0 Å². The Kier molecular flexibility index (Phi) is 10.7. The van der Waals surface area contributed by atoms with Gasteiger partial charge in [-0.15, -0.1) is 11.8 Å². The normalized spacial score (nSPS) is 16.5. The maximum atomic E-state index is 11.6. The summed E-state index contributed by atoms with van der Waals surface area (Å²) in [6, 6.07) is 21.5. The molecule has 0 saturated carbocycles. The third-order valence-electron chi connectivity index (χ3n) is 7.86. The van der Waals surface area contributed by atoms with Gasteiger partial charge in [-0.05, 0) is 103 Å². The van der Waals surface area contributed by atoms with Gasteiger partial charge in [-0.25, -0.2) is 4.79 Å². The number of thioether (sulfide) groups is 1. The highest BCUT2D eigenvalue weighted by molar-refractivity contribution is 7.98. The van der Waals surface area contributed by atoms with Crippen molar-refractivity contribution in [2.45, 2.75) is 30.0 Å². The van der Waals surface area contributed by atoms with E-state index in [1.165, 1.54) is 21.7 Å². The predicted octanol–water partition coefficient (Wildman–Crippen LogP) is 6.50. The number of piperazine rings is 1. The van der Waals surface area contributed by atoms with E-state index in [0.29, 0.717) is 16.0 Å². The van der Waals surface area contributed by atoms with Crippen LogP contribution in [0.1, 0.15) is 24.0 Å². The standard InChI is InChI=1S/C32H39Cl2N5OS/c1-35-32(40)37-20-23-6-10-38(11-7-23)21-24-14-25(16-26(15-24)27-17-28(33)19-29(34)18-27)22-41-31-4-2-30(3-5-31)39-12-8-36-9-13-39/h2-5,14-19,23,36H,6-13,20-22H2,1H3,(H2,35,37,40). The summed E-state index contributed by atoms with van der Waals surface area (Å²) in [7, 11) is 1.65. The summed E-state index contributed by atoms with van der Waals surface area (Å²) < 4.78 is 0. The van der Waals surface area contributed by atoms with Crippen LogP contribution in [-0.4, -0.2) is 63.8 Å². The Balaban J connectivity index is 1.27. The second-order valence-electron chi connectivity index (χ2n) is 10.9. The number of nitrogens with zero attached hydrogens (tertiary/aromatic N) is 2. The van der Waals surface area contributed by atoms with Gasteiger partial charge >= 0.3 is 6.03 Å². The molecule has 2 aliphatic heterocycles. The number of carbonyl (C=O) groups is 1. The van der Waals surface area contributed by atoms with Gasteiger partial charge in [0.15, 0.2) is 0 Å². The van der Waals surface area contributed by atoms with Crippen molar-refractivity contribution >= 4 is 46.7 Å². The Hall–Kier alpha value is -2.42. The number of amides is 2. The number of rotatable bonds is 9. The highest BCUT2D eigenvalue weighted by atomic mass is 35.5. The first-order valence-electron chi connectivity index (χ1n) is 14.4. The van der Waals surface area contributed by atoms with E-state index in [9.17, 15) is 4.79 Å². The summed E-state index contributed by atoms with van der Waals surface area (Å²) in [4.78, 5) is 17.8. The van der Waals surface area contributed by atoms with Crippen molar-refractivity contribution in [2.75, 3.05) is 57.8 Å². The summed E-state index contributed by atoms with van der Waals surface area (Å²) in [6.07, 6.45) is 2.17. The van der Waals surface area contributed by atoms with Gasteiger partial charge in [-0.1, -0.05) is 35.3 Å². The summed E-state index contributed by atoms with van der Waals surface area (Å²) in [6.45, 7) is 7.87. The molecule has 6 nitrogen and oxygen atoms in total. The monoisotopic (exact) mass is 611 g/mol. The molecule has 5 rings (SSSR count). The third-order valence-corrected chi connectivity index (χ3v) is 9.38. The predicted molar refractivity (Wildman–Crippen MR) is 173 cm³/mol. The molecular weight excluding hydrogens is 573 g/mol. The molecule has 3 aromatic carbocycles. The average Bonchev–Trinajstić information content (AvgIpc) is 2.99. The van der Waals surface area contributed by atoms with Crippen molar-refractivity contribution in [3.63, 3.8) is 0 Å². The van der Waals surface area contributed by atoms with E-state index in [-0.39, 0.29) is 6.03 Å². The molecule has 0 aromatic heterocycles. The number of carbonyl (C=O) groups excluding carboxylic acids is 1. The maximum absolute atomic E-state index is 11.6. The second-order valence-corrected chi connectivity index (χ2v) is 12.8. The van der Waals surface area contributed by atoms with Crippen LogP contribution in [0.15, 0.2) is 65.6 Å². The van der Waals surface area contributed by atoms with E-state index in [4.69, 9.17) is 23.2 Å². The van der Waals surface area contributed by atoms with E-state index in [2.05, 4.69) is 68.2 Å². The molecule has 218 valence electrons.